The molecule has 0 aliphatic carbocycles. The van der Waals surface area contributed by atoms with Crippen molar-refractivity contribution in [3.05, 3.63) is 58.0 Å². The van der Waals surface area contributed by atoms with E-state index in [9.17, 15) is 9.18 Å². The topological polar surface area (TPSA) is 54.3 Å². The van der Waals surface area contributed by atoms with Crippen molar-refractivity contribution in [2.75, 3.05) is 37.6 Å². The van der Waals surface area contributed by atoms with E-state index in [1.807, 2.05) is 41.5 Å². The summed E-state index contributed by atoms with van der Waals surface area (Å²) in [5.74, 6) is 0.629. The number of benzene rings is 1. The van der Waals surface area contributed by atoms with Gasteiger partial charge in [0.05, 0.1) is 29.3 Å². The van der Waals surface area contributed by atoms with E-state index < -0.39 is 5.82 Å². The highest BCUT2D eigenvalue weighted by Crippen LogP contribution is 2.27. The third-order valence-corrected chi connectivity index (χ3v) is 5.46. The Hall–Kier alpha value is -1.89. The van der Waals surface area contributed by atoms with E-state index in [1.54, 1.807) is 0 Å². The Morgan fingerprint density at radius 3 is 2.63 bits per heavy atom. The van der Waals surface area contributed by atoms with E-state index in [4.69, 9.17) is 23.2 Å². The number of H-pyrrole nitrogens is 1. The number of quaternary nitrogens is 1. The van der Waals surface area contributed by atoms with Crippen molar-refractivity contribution in [1.29, 1.82) is 0 Å². The largest absolute Gasteiger partial charge is 0.332 e. The zero-order valence-corrected chi connectivity index (χ0v) is 16.6. The van der Waals surface area contributed by atoms with Gasteiger partial charge in [0.15, 0.2) is 6.54 Å². The number of piperazine rings is 1. The molecule has 5 nitrogen and oxygen atoms in total. The van der Waals surface area contributed by atoms with Gasteiger partial charge in [0, 0.05) is 11.6 Å². The molecule has 0 spiro atoms. The lowest BCUT2D eigenvalue weighted by Gasteiger charge is -2.30. The summed E-state index contributed by atoms with van der Waals surface area (Å²) >= 11 is 11.9. The molecule has 144 valence electrons. The maximum absolute atomic E-state index is 13.7. The van der Waals surface area contributed by atoms with Gasteiger partial charge in [-0.05, 0) is 25.1 Å². The maximum atomic E-state index is 13.7. The third-order valence-electron chi connectivity index (χ3n) is 4.84. The lowest BCUT2D eigenvalue weighted by molar-refractivity contribution is -0.683. The van der Waals surface area contributed by atoms with E-state index in [0.29, 0.717) is 30.2 Å². The van der Waals surface area contributed by atoms with Gasteiger partial charge in [-0.25, -0.2) is 9.37 Å². The molecule has 8 heteroatoms. The molecule has 1 aliphatic heterocycles. The highest BCUT2D eigenvalue weighted by atomic mass is 35.5. The summed E-state index contributed by atoms with van der Waals surface area (Å²) in [6.07, 6.45) is 1.90. The monoisotopic (exact) mass is 412 g/mol. The molecule has 2 heterocycles. The molecule has 2 aromatic rings. The first-order valence-corrected chi connectivity index (χ1v) is 9.68. The highest BCUT2D eigenvalue weighted by Gasteiger charge is 2.27. The van der Waals surface area contributed by atoms with E-state index in [1.165, 1.54) is 12.1 Å². The van der Waals surface area contributed by atoms with Crippen molar-refractivity contribution in [3.8, 4) is 0 Å². The summed E-state index contributed by atoms with van der Waals surface area (Å²) in [5.41, 5.74) is 0.635. The minimum absolute atomic E-state index is 0.000517. The fourth-order valence-corrected chi connectivity index (χ4v) is 3.75. The second-order valence-electron chi connectivity index (χ2n) is 6.63. The fraction of sp³-hybridized carbons (Fsp3) is 0.368. The Bertz CT molecular complexity index is 798. The number of pyridine rings is 1. The molecule has 27 heavy (non-hydrogen) atoms. The Labute approximate surface area is 168 Å². The number of nitrogens with two attached hydrogens (primary N) is 1. The summed E-state index contributed by atoms with van der Waals surface area (Å²) in [6, 6.07) is 8.56. The Morgan fingerprint density at radius 2 is 1.96 bits per heavy atom. The van der Waals surface area contributed by atoms with Crippen LogP contribution in [0.2, 0.25) is 10.0 Å². The molecular weight excluding hydrogens is 390 g/mol. The van der Waals surface area contributed by atoms with Gasteiger partial charge in [0.25, 0.3) is 11.7 Å². The van der Waals surface area contributed by atoms with Crippen LogP contribution in [0.15, 0.2) is 36.5 Å². The molecule has 1 saturated heterocycles. The molecule has 0 unspecified atom stereocenters. The lowest BCUT2D eigenvalue weighted by atomic mass is 10.1. The number of anilines is 1. The van der Waals surface area contributed by atoms with Crippen LogP contribution < -0.4 is 15.2 Å². The van der Waals surface area contributed by atoms with Gasteiger partial charge in [0.1, 0.15) is 24.9 Å². The molecule has 1 aromatic heterocycles. The molecule has 1 amide bonds. The van der Waals surface area contributed by atoms with Gasteiger partial charge in [0.2, 0.25) is 0 Å². The zero-order valence-electron chi connectivity index (χ0n) is 15.1. The molecule has 3 N–H and O–H groups in total. The number of nitrogens with one attached hydrogen (secondary N) is 1. The smallest absolute Gasteiger partial charge is 0.277 e. The van der Waals surface area contributed by atoms with Crippen molar-refractivity contribution >= 4 is 34.9 Å². The van der Waals surface area contributed by atoms with Gasteiger partial charge >= 0.3 is 0 Å². The van der Waals surface area contributed by atoms with Crippen LogP contribution in [0.5, 0.6) is 0 Å². The number of carbonyl (C=O) groups is 1. The SMILES string of the molecule is C[C@H]([NH2+]CC(=O)N1CCN(c2cccc[nH+]2)CC1)c1cc(F)c(Cl)cc1Cl. The predicted octanol–water partition coefficient (Wildman–Crippen LogP) is 1.92. The summed E-state index contributed by atoms with van der Waals surface area (Å²) in [4.78, 5) is 19.8. The Morgan fingerprint density at radius 1 is 1.22 bits per heavy atom. The minimum Gasteiger partial charge on any atom is -0.332 e. The number of rotatable bonds is 5. The van der Waals surface area contributed by atoms with Crippen LogP contribution >= 0.6 is 23.2 Å². The molecule has 0 bridgehead atoms. The second kappa shape index (κ2) is 8.87. The molecular formula is C19H23Cl2FN4O+2. The van der Waals surface area contributed by atoms with Gasteiger partial charge in [-0.2, -0.15) is 0 Å². The third kappa shape index (κ3) is 4.89. The van der Waals surface area contributed by atoms with Crippen molar-refractivity contribution in [1.82, 2.24) is 4.90 Å². The van der Waals surface area contributed by atoms with Crippen LogP contribution in [0.4, 0.5) is 10.2 Å². The van der Waals surface area contributed by atoms with E-state index in [-0.39, 0.29) is 17.0 Å². The second-order valence-corrected chi connectivity index (χ2v) is 7.45. The first kappa shape index (κ1) is 19.9. The van der Waals surface area contributed by atoms with Gasteiger partial charge in [-0.1, -0.05) is 29.3 Å². The number of aromatic amines is 1. The molecule has 0 saturated carbocycles. The standard InChI is InChI=1S/C19H21Cl2FN4O/c1-13(14-10-17(22)16(21)11-15(14)20)24-12-19(27)26-8-6-25(7-9-26)18-4-2-3-5-23-18/h2-5,10-11,13,24H,6-9,12H2,1H3/p+2/t13-/m0/s1. The first-order valence-electron chi connectivity index (χ1n) is 8.93. The van der Waals surface area contributed by atoms with Crippen molar-refractivity contribution in [2.45, 2.75) is 13.0 Å². The van der Waals surface area contributed by atoms with Crippen LogP contribution in [-0.4, -0.2) is 43.5 Å². The molecule has 3 rings (SSSR count). The van der Waals surface area contributed by atoms with Crippen molar-refractivity contribution in [2.24, 2.45) is 0 Å². The summed E-state index contributed by atoms with van der Waals surface area (Å²) in [5, 5.41) is 2.28. The molecule has 1 aromatic carbocycles. The first-order chi connectivity index (χ1) is 13.0. The predicted molar refractivity (Wildman–Crippen MR) is 103 cm³/mol. The van der Waals surface area contributed by atoms with E-state index in [2.05, 4.69) is 9.88 Å². The molecule has 1 atom stereocenters. The number of hydrogen-bond donors (Lipinski definition) is 1. The number of nitrogens with zero attached hydrogens (tertiary/aromatic N) is 2. The Balaban J connectivity index is 1.51. The summed E-state index contributed by atoms with van der Waals surface area (Å²) in [6.45, 7) is 5.12. The van der Waals surface area contributed by atoms with E-state index >= 15 is 0 Å². The number of aromatic nitrogens is 1. The number of carbonyl (C=O) groups excluding carboxylic acids is 1. The highest BCUT2D eigenvalue weighted by molar-refractivity contribution is 6.35. The summed E-state index contributed by atoms with van der Waals surface area (Å²) in [7, 11) is 0. The molecule has 0 radical (unpaired) electrons. The van der Waals surface area contributed by atoms with Gasteiger partial charge < -0.3 is 10.2 Å². The number of halogens is 3. The quantitative estimate of drug-likeness (QED) is 0.762. The van der Waals surface area contributed by atoms with Crippen LogP contribution in [0, 0.1) is 5.82 Å². The van der Waals surface area contributed by atoms with Gasteiger partial charge in [-0.3, -0.25) is 9.69 Å². The minimum atomic E-state index is -0.503. The normalized spacial score (nSPS) is 15.7. The number of amides is 1. The average Bonchev–Trinajstić information content (AvgIpc) is 2.69. The van der Waals surface area contributed by atoms with E-state index in [0.717, 1.165) is 18.9 Å². The molecule has 1 aliphatic rings. The van der Waals surface area contributed by atoms with Crippen LogP contribution in [-0.2, 0) is 4.79 Å². The van der Waals surface area contributed by atoms with Crippen molar-refractivity contribution in [3.63, 3.8) is 0 Å². The fourth-order valence-electron chi connectivity index (χ4n) is 3.20. The Kier molecular flexibility index (Phi) is 6.52. The maximum Gasteiger partial charge on any atom is 0.277 e. The lowest BCUT2D eigenvalue weighted by Crippen LogP contribution is -2.87. The van der Waals surface area contributed by atoms with Crippen LogP contribution in [0.25, 0.3) is 0 Å². The molecule has 1 fully saturated rings. The van der Waals surface area contributed by atoms with Crippen LogP contribution in [0.1, 0.15) is 18.5 Å². The summed E-state index contributed by atoms with van der Waals surface area (Å²) < 4.78 is 13.7. The average molecular weight is 413 g/mol. The van der Waals surface area contributed by atoms with Gasteiger partial charge in [-0.15, -0.1) is 0 Å². The number of hydrogen-bond acceptors (Lipinski definition) is 2. The zero-order chi connectivity index (χ0) is 19.4. The van der Waals surface area contributed by atoms with Crippen molar-refractivity contribution < 1.29 is 19.5 Å². The van der Waals surface area contributed by atoms with Crippen LogP contribution in [0.3, 0.4) is 0 Å².